The molecule has 4 aliphatic rings. The Kier molecular flexibility index (Phi) is 13.0. The van der Waals surface area contributed by atoms with E-state index >= 15 is 0 Å². The van der Waals surface area contributed by atoms with E-state index in [-0.39, 0.29) is 13.4 Å². The summed E-state index contributed by atoms with van der Waals surface area (Å²) in [7, 11) is 0. The molecule has 20 rings (SSSR count). The van der Waals surface area contributed by atoms with Crippen molar-refractivity contribution >= 4 is 170 Å². The number of para-hydroxylation sites is 11. The molecule has 0 saturated heterocycles. The summed E-state index contributed by atoms with van der Waals surface area (Å²) in [6.07, 6.45) is 0. The zero-order chi connectivity index (χ0) is 65.1. The van der Waals surface area contributed by atoms with Gasteiger partial charge in [-0.1, -0.05) is 212 Å². The molecule has 9 heteroatoms. The van der Waals surface area contributed by atoms with Crippen LogP contribution < -0.4 is 62.2 Å². The van der Waals surface area contributed by atoms with E-state index in [0.717, 1.165) is 108 Å². The van der Waals surface area contributed by atoms with Crippen LogP contribution in [0.1, 0.15) is 0 Å². The summed E-state index contributed by atoms with van der Waals surface area (Å²) in [6.45, 7) is -0.436. The Morgan fingerprint density at radius 3 is 0.879 bits per heavy atom. The van der Waals surface area contributed by atoms with E-state index in [1.807, 2.05) is 0 Å². The fraction of sp³-hybridized carbons (Fsp3) is 0. The minimum Gasteiger partial charge on any atom is -0.311 e. The van der Waals surface area contributed by atoms with Crippen LogP contribution >= 0.6 is 0 Å². The maximum absolute atomic E-state index is 2.64. The van der Waals surface area contributed by atoms with Crippen molar-refractivity contribution in [1.29, 1.82) is 0 Å². The number of fused-ring (bicyclic) bond motifs is 11. The van der Waals surface area contributed by atoms with Gasteiger partial charge in [0.1, 0.15) is 0 Å². The van der Waals surface area contributed by atoms with Gasteiger partial charge >= 0.3 is 0 Å². The molecule has 15 aromatic carbocycles. The minimum atomic E-state index is -0.244. The number of anilines is 18. The molecule has 0 unspecified atom stereocenters. The average Bonchev–Trinajstić information content (AvgIpc) is 0.883. The fourth-order valence-corrected chi connectivity index (χ4v) is 16.6. The van der Waals surface area contributed by atoms with Crippen LogP contribution in [0.25, 0.3) is 27.5 Å². The van der Waals surface area contributed by atoms with Crippen LogP contribution in [0.3, 0.4) is 0 Å². The predicted octanol–water partition coefficient (Wildman–Crippen LogP) is 19.9. The van der Waals surface area contributed by atoms with E-state index in [1.165, 1.54) is 54.6 Å². The molecular weight excluding hydrogens is 1200 g/mol. The van der Waals surface area contributed by atoms with E-state index < -0.39 is 0 Å². The average molecular weight is 1260 g/mol. The van der Waals surface area contributed by atoms with Gasteiger partial charge in [-0.15, -0.1) is 0 Å². The van der Waals surface area contributed by atoms with Gasteiger partial charge in [0.25, 0.3) is 13.4 Å². The fourth-order valence-electron chi connectivity index (χ4n) is 16.6. The minimum absolute atomic E-state index is 0.192. The molecule has 99 heavy (non-hydrogen) atoms. The molecule has 0 saturated carbocycles. The first-order chi connectivity index (χ1) is 49.2. The molecule has 0 fully saturated rings. The summed E-state index contributed by atoms with van der Waals surface area (Å²) in [5.74, 6) is 0. The highest BCUT2D eigenvalue weighted by Crippen LogP contribution is 2.53. The van der Waals surface area contributed by atoms with Crippen molar-refractivity contribution in [1.82, 2.24) is 4.57 Å². The number of benzene rings is 15. The highest BCUT2D eigenvalue weighted by Gasteiger charge is 2.49. The molecule has 0 atom stereocenters. The van der Waals surface area contributed by atoms with Gasteiger partial charge in [0, 0.05) is 107 Å². The Morgan fingerprint density at radius 1 is 0.192 bits per heavy atom. The third kappa shape index (κ3) is 8.87. The van der Waals surface area contributed by atoms with Crippen molar-refractivity contribution in [2.45, 2.75) is 0 Å². The van der Waals surface area contributed by atoms with Crippen LogP contribution in [0.4, 0.5) is 102 Å². The molecule has 0 amide bonds. The van der Waals surface area contributed by atoms with Crippen molar-refractivity contribution in [3.8, 4) is 5.69 Å². The highest BCUT2D eigenvalue weighted by atomic mass is 15.2. The van der Waals surface area contributed by atoms with Crippen LogP contribution in [0, 0.1) is 0 Å². The molecule has 0 N–H and O–H groups in total. The molecule has 0 radical (unpaired) electrons. The Morgan fingerprint density at radius 2 is 0.495 bits per heavy atom. The third-order valence-corrected chi connectivity index (χ3v) is 20.6. The summed E-state index contributed by atoms with van der Waals surface area (Å²) >= 11 is 0. The van der Waals surface area contributed by atoms with Crippen LogP contribution in [0.5, 0.6) is 0 Å². The Balaban J connectivity index is 0.918. The second-order valence-corrected chi connectivity index (χ2v) is 26.0. The van der Waals surface area contributed by atoms with Crippen molar-refractivity contribution in [3.63, 3.8) is 0 Å². The Labute approximate surface area is 576 Å². The van der Waals surface area contributed by atoms with Gasteiger partial charge in [-0.3, -0.25) is 0 Å². The molecule has 5 heterocycles. The topological polar surface area (TPSA) is 24.4 Å². The predicted molar refractivity (Wildman–Crippen MR) is 418 cm³/mol. The smallest absolute Gasteiger partial charge is 0.252 e. The lowest BCUT2D eigenvalue weighted by atomic mass is 9.30. The van der Waals surface area contributed by atoms with Gasteiger partial charge in [-0.05, 0) is 191 Å². The lowest BCUT2D eigenvalue weighted by molar-refractivity contribution is 1.17. The lowest BCUT2D eigenvalue weighted by Gasteiger charge is -2.48. The highest BCUT2D eigenvalue weighted by molar-refractivity contribution is 7.03. The Bertz CT molecular complexity index is 5650. The van der Waals surface area contributed by atoms with Gasteiger partial charge in [0.05, 0.1) is 22.4 Å². The largest absolute Gasteiger partial charge is 0.311 e. The maximum Gasteiger partial charge on any atom is 0.252 e. The van der Waals surface area contributed by atoms with Gasteiger partial charge in [0.2, 0.25) is 0 Å². The third-order valence-electron chi connectivity index (χ3n) is 20.6. The molecule has 16 aromatic rings. The molecule has 462 valence electrons. The number of rotatable bonds is 11. The molecule has 7 nitrogen and oxygen atoms in total. The SMILES string of the molecule is c1ccc(N(c2ccccc2)c2cc3c4c(c2)N(c2ccccc2)c2cc5c(cc2B4c2ccccc2N3c2ccccc2)B2c3ccc(-n4c6ccccc6c6ccccc64)cc3N(c3ccccc3)c3cc(N(c4ccccc4)c4ccccc4)cc(c32)N5c2ccccc2)cc1. The molecule has 1 aromatic heterocycles. The molecule has 0 aliphatic carbocycles. The Hall–Kier alpha value is -13.0. The zero-order valence-corrected chi connectivity index (χ0v) is 54.0. The standard InChI is InChI=1S/C90H61B2N7/c1-9-31-62(32-10-1)93(63-33-11-2-12-34-63)71-56-85-89-87(58-71)97(68-43-21-7-22-44-68)83-61-84-78(60-77(83)91(89)75-49-27-30-52-81(75)95(85)66-39-17-5-18-40-66)92-76-54-53-70(99-79-50-28-25-47-73(79)74-48-26-29-51-80(74)99)55-82(76)96(67-41-19-6-20-42-67)86-57-72(59-88(90(86)92)98(84)69-45-23-8-24-46-69)94(64-35-13-3-14-36-64)65-37-15-4-16-38-65/h1-61H. The van der Waals surface area contributed by atoms with E-state index in [4.69, 9.17) is 0 Å². The molecule has 4 aliphatic heterocycles. The van der Waals surface area contributed by atoms with Crippen LogP contribution in [0.15, 0.2) is 370 Å². The van der Waals surface area contributed by atoms with Gasteiger partial charge in [-0.25, -0.2) is 0 Å². The molecule has 0 spiro atoms. The summed E-state index contributed by atoms with van der Waals surface area (Å²) in [5, 5.41) is 2.45. The van der Waals surface area contributed by atoms with Crippen molar-refractivity contribution in [3.05, 3.63) is 370 Å². The normalized spacial score (nSPS) is 12.9. The number of hydrogen-bond donors (Lipinski definition) is 0. The second-order valence-electron chi connectivity index (χ2n) is 26.0. The molecule has 0 bridgehead atoms. The maximum atomic E-state index is 2.64. The van der Waals surface area contributed by atoms with Crippen molar-refractivity contribution in [2.24, 2.45) is 0 Å². The summed E-state index contributed by atoms with van der Waals surface area (Å²) in [5.41, 5.74) is 30.5. The first-order valence-electron chi connectivity index (χ1n) is 34.1. The van der Waals surface area contributed by atoms with Crippen molar-refractivity contribution in [2.75, 3.05) is 29.4 Å². The lowest BCUT2D eigenvalue weighted by Crippen LogP contribution is -2.65. The first kappa shape index (κ1) is 56.4. The second kappa shape index (κ2) is 22.9. The van der Waals surface area contributed by atoms with Crippen LogP contribution in [-0.2, 0) is 0 Å². The van der Waals surface area contributed by atoms with E-state index in [2.05, 4.69) is 404 Å². The quantitative estimate of drug-likeness (QED) is 0.120. The van der Waals surface area contributed by atoms with Gasteiger partial charge < -0.3 is 34.0 Å². The summed E-state index contributed by atoms with van der Waals surface area (Å²) in [6, 6.07) is 137. The molecular formula is C90H61B2N7. The van der Waals surface area contributed by atoms with E-state index in [9.17, 15) is 0 Å². The monoisotopic (exact) mass is 1260 g/mol. The van der Waals surface area contributed by atoms with Crippen molar-refractivity contribution < 1.29 is 0 Å². The van der Waals surface area contributed by atoms with Gasteiger partial charge in [-0.2, -0.15) is 0 Å². The van der Waals surface area contributed by atoms with Crippen LogP contribution in [-0.4, -0.2) is 18.0 Å². The summed E-state index contributed by atoms with van der Waals surface area (Å²) < 4.78 is 2.47. The summed E-state index contributed by atoms with van der Waals surface area (Å²) in [4.78, 5) is 15.1. The zero-order valence-electron chi connectivity index (χ0n) is 54.0. The van der Waals surface area contributed by atoms with Crippen LogP contribution in [0.2, 0.25) is 0 Å². The number of aromatic nitrogens is 1. The number of hydrogen-bond acceptors (Lipinski definition) is 6. The first-order valence-corrected chi connectivity index (χ1v) is 34.1. The van der Waals surface area contributed by atoms with E-state index in [1.54, 1.807) is 0 Å². The van der Waals surface area contributed by atoms with Gasteiger partial charge in [0.15, 0.2) is 0 Å². The number of nitrogens with zero attached hydrogens (tertiary/aromatic N) is 7. The van der Waals surface area contributed by atoms with E-state index in [0.29, 0.717) is 0 Å².